The van der Waals surface area contributed by atoms with Crippen LogP contribution in [-0.2, 0) is 9.59 Å². The van der Waals surface area contributed by atoms with Gasteiger partial charge in [0, 0.05) is 0 Å². The van der Waals surface area contributed by atoms with Gasteiger partial charge in [-0.15, -0.1) is 11.6 Å². The van der Waals surface area contributed by atoms with Gasteiger partial charge in [-0.3, -0.25) is 9.59 Å². The number of alkyl halides is 1. The predicted molar refractivity (Wildman–Crippen MR) is 60.0 cm³/mol. The summed E-state index contributed by atoms with van der Waals surface area (Å²) >= 11 is 22.6. The number of rotatable bonds is 2. The molecule has 0 fully saturated rings. The van der Waals surface area contributed by atoms with E-state index in [1.165, 1.54) is 0 Å². The van der Waals surface area contributed by atoms with E-state index < -0.39 is 22.7 Å². The van der Waals surface area contributed by atoms with E-state index in [2.05, 4.69) is 0 Å². The number of halogens is 4. The number of carboxylic acids is 2. The minimum atomic E-state index is -2.41. The van der Waals surface area contributed by atoms with Crippen LogP contribution in [0.4, 0.5) is 0 Å². The maximum absolute atomic E-state index is 11.0. The van der Waals surface area contributed by atoms with Crippen LogP contribution in [0.3, 0.4) is 0 Å². The topological polar surface area (TPSA) is 74.6 Å². The van der Waals surface area contributed by atoms with Gasteiger partial charge in [0.2, 0.25) is 5.41 Å². The predicted octanol–water partition coefficient (Wildman–Crippen LogP) is 2.57. The van der Waals surface area contributed by atoms with Crippen molar-refractivity contribution >= 4 is 58.3 Å². The molecule has 1 rings (SSSR count). The quantitative estimate of drug-likeness (QED) is 0.607. The lowest BCUT2D eigenvalue weighted by Gasteiger charge is -2.30. The summed E-state index contributed by atoms with van der Waals surface area (Å²) in [6, 6.07) is 0. The molecular formula is C8H4Cl4O4. The first kappa shape index (κ1) is 13.6. The van der Waals surface area contributed by atoms with Crippen LogP contribution in [-0.4, -0.2) is 27.5 Å². The molecule has 8 heteroatoms. The molecule has 0 aromatic carbocycles. The molecule has 1 atom stereocenters. The molecule has 0 aromatic heterocycles. The highest BCUT2D eigenvalue weighted by Gasteiger charge is 2.55. The Morgan fingerprint density at radius 1 is 1.19 bits per heavy atom. The molecule has 2 N–H and O–H groups in total. The number of carboxylic acid groups (broad SMARTS) is 2. The Morgan fingerprint density at radius 3 is 2.00 bits per heavy atom. The van der Waals surface area contributed by atoms with Crippen molar-refractivity contribution in [3.8, 4) is 0 Å². The van der Waals surface area contributed by atoms with Gasteiger partial charge in [0.1, 0.15) is 5.38 Å². The Labute approximate surface area is 110 Å². The molecule has 0 radical (unpaired) electrons. The van der Waals surface area contributed by atoms with Crippen LogP contribution < -0.4 is 0 Å². The largest absolute Gasteiger partial charge is 0.480 e. The van der Waals surface area contributed by atoms with Gasteiger partial charge in [-0.2, -0.15) is 0 Å². The third kappa shape index (κ3) is 1.80. The Hall–Kier alpha value is -0.420. The fourth-order valence-corrected chi connectivity index (χ4v) is 2.37. The minimum Gasteiger partial charge on any atom is -0.480 e. The van der Waals surface area contributed by atoms with E-state index in [0.29, 0.717) is 0 Å². The van der Waals surface area contributed by atoms with Gasteiger partial charge in [-0.05, 0) is 6.08 Å². The molecule has 1 aliphatic carbocycles. The number of allylic oxidation sites excluding steroid dienone is 3. The Kier molecular flexibility index (Phi) is 3.80. The van der Waals surface area contributed by atoms with Crippen molar-refractivity contribution in [1.82, 2.24) is 0 Å². The zero-order chi connectivity index (χ0) is 12.7. The molecule has 1 aliphatic rings. The zero-order valence-corrected chi connectivity index (χ0v) is 10.4. The highest BCUT2D eigenvalue weighted by atomic mass is 35.5. The maximum atomic E-state index is 11.0. The van der Waals surface area contributed by atoms with Crippen molar-refractivity contribution in [2.75, 3.05) is 0 Å². The molecule has 0 aromatic rings. The monoisotopic (exact) mass is 304 g/mol. The smallest absolute Gasteiger partial charge is 0.327 e. The summed E-state index contributed by atoms with van der Waals surface area (Å²) in [6.07, 6.45) is 0.769. The van der Waals surface area contributed by atoms with Gasteiger partial charge in [-0.25, -0.2) is 0 Å². The Bertz CT molecular complexity index is 412. The molecular weight excluding hydrogens is 302 g/mol. The van der Waals surface area contributed by atoms with Gasteiger partial charge in [-0.1, -0.05) is 34.8 Å². The fourth-order valence-electron chi connectivity index (χ4n) is 1.19. The van der Waals surface area contributed by atoms with E-state index in [1.807, 2.05) is 0 Å². The molecule has 16 heavy (non-hydrogen) atoms. The molecule has 0 aliphatic heterocycles. The van der Waals surface area contributed by atoms with Crippen LogP contribution in [0.5, 0.6) is 0 Å². The third-order valence-corrected chi connectivity index (χ3v) is 4.08. The summed E-state index contributed by atoms with van der Waals surface area (Å²) in [4.78, 5) is 22.1. The summed E-state index contributed by atoms with van der Waals surface area (Å²) < 4.78 is 0. The van der Waals surface area contributed by atoms with E-state index in [-0.39, 0.29) is 15.1 Å². The second-order valence-corrected chi connectivity index (χ2v) is 4.62. The van der Waals surface area contributed by atoms with Crippen LogP contribution in [0.1, 0.15) is 0 Å². The van der Waals surface area contributed by atoms with Crippen LogP contribution in [0.2, 0.25) is 0 Å². The number of carbonyl (C=O) groups is 2. The average Bonchev–Trinajstić information content (AvgIpc) is 2.19. The lowest BCUT2D eigenvalue weighted by atomic mass is 9.81. The highest BCUT2D eigenvalue weighted by molar-refractivity contribution is 6.51. The standard InChI is InChI=1S/C8H4Cl4O4/c9-2-1-8(6(13)14,7(15)16)5(12)4(11)3(2)10/h1,5H,(H,13,14)(H,15,16). The molecule has 0 saturated heterocycles. The van der Waals surface area contributed by atoms with Gasteiger partial charge >= 0.3 is 11.9 Å². The lowest BCUT2D eigenvalue weighted by molar-refractivity contribution is -0.160. The van der Waals surface area contributed by atoms with E-state index in [4.69, 9.17) is 56.6 Å². The average molecular weight is 306 g/mol. The summed E-state index contributed by atoms with van der Waals surface area (Å²) in [5.41, 5.74) is -2.41. The van der Waals surface area contributed by atoms with Crippen molar-refractivity contribution in [1.29, 1.82) is 0 Å². The van der Waals surface area contributed by atoms with Gasteiger partial charge < -0.3 is 10.2 Å². The molecule has 0 saturated carbocycles. The van der Waals surface area contributed by atoms with Crippen LogP contribution in [0.25, 0.3) is 0 Å². The van der Waals surface area contributed by atoms with Gasteiger partial charge in [0.15, 0.2) is 0 Å². The summed E-state index contributed by atoms with van der Waals surface area (Å²) in [6.45, 7) is 0. The van der Waals surface area contributed by atoms with Gasteiger partial charge in [0.05, 0.1) is 15.1 Å². The number of aliphatic carboxylic acids is 2. The fraction of sp³-hybridized carbons (Fsp3) is 0.250. The van der Waals surface area contributed by atoms with Crippen LogP contribution in [0, 0.1) is 5.41 Å². The Balaban J connectivity index is 3.48. The number of hydrogen-bond acceptors (Lipinski definition) is 2. The van der Waals surface area contributed by atoms with Crippen LogP contribution >= 0.6 is 46.4 Å². The van der Waals surface area contributed by atoms with E-state index in [1.54, 1.807) is 0 Å². The second kappa shape index (κ2) is 4.45. The first-order valence-electron chi connectivity index (χ1n) is 3.80. The maximum Gasteiger partial charge on any atom is 0.327 e. The van der Waals surface area contributed by atoms with Crippen molar-refractivity contribution in [3.05, 3.63) is 21.2 Å². The van der Waals surface area contributed by atoms with Crippen molar-refractivity contribution in [3.63, 3.8) is 0 Å². The lowest BCUT2D eigenvalue weighted by Crippen LogP contribution is -2.47. The summed E-state index contributed by atoms with van der Waals surface area (Å²) in [5.74, 6) is -3.33. The zero-order valence-electron chi connectivity index (χ0n) is 7.38. The molecule has 0 spiro atoms. The molecule has 0 bridgehead atoms. The first-order valence-corrected chi connectivity index (χ1v) is 5.37. The second-order valence-electron chi connectivity index (χ2n) is 3.00. The first-order chi connectivity index (χ1) is 7.25. The SMILES string of the molecule is O=C(O)C1(C(=O)O)C=C(Cl)C(Cl)=C(Cl)C1Cl. The molecule has 88 valence electrons. The van der Waals surface area contributed by atoms with E-state index in [0.717, 1.165) is 6.08 Å². The van der Waals surface area contributed by atoms with Crippen LogP contribution in [0.15, 0.2) is 21.2 Å². The Morgan fingerprint density at radius 2 is 1.62 bits per heavy atom. The highest BCUT2D eigenvalue weighted by Crippen LogP contribution is 2.45. The normalized spacial score (nSPS) is 24.0. The van der Waals surface area contributed by atoms with Crippen molar-refractivity contribution in [2.24, 2.45) is 5.41 Å². The summed E-state index contributed by atoms with van der Waals surface area (Å²) in [7, 11) is 0. The minimum absolute atomic E-state index is 0.151. The van der Waals surface area contributed by atoms with Gasteiger partial charge in [0.25, 0.3) is 0 Å². The van der Waals surface area contributed by atoms with E-state index in [9.17, 15) is 9.59 Å². The number of hydrogen-bond donors (Lipinski definition) is 2. The van der Waals surface area contributed by atoms with E-state index >= 15 is 0 Å². The molecule has 1 unspecified atom stereocenters. The molecule has 4 nitrogen and oxygen atoms in total. The third-order valence-electron chi connectivity index (χ3n) is 2.10. The summed E-state index contributed by atoms with van der Waals surface area (Å²) in [5, 5.41) is 15.7. The van der Waals surface area contributed by atoms with Crippen molar-refractivity contribution < 1.29 is 19.8 Å². The van der Waals surface area contributed by atoms with Crippen molar-refractivity contribution in [2.45, 2.75) is 5.38 Å². The molecule has 0 amide bonds. The molecule has 0 heterocycles.